The van der Waals surface area contributed by atoms with Crippen molar-refractivity contribution >= 4 is 5.97 Å². The zero-order valence-corrected chi connectivity index (χ0v) is 9.88. The lowest BCUT2D eigenvalue weighted by Crippen LogP contribution is -3.04. The van der Waals surface area contributed by atoms with Crippen LogP contribution in [-0.4, -0.2) is 75.5 Å². The summed E-state index contributed by atoms with van der Waals surface area (Å²) in [5, 5.41) is 54.9. The van der Waals surface area contributed by atoms with Crippen LogP contribution in [0.3, 0.4) is 0 Å². The van der Waals surface area contributed by atoms with Gasteiger partial charge >= 0.3 is 5.97 Å². The second-order valence-electron chi connectivity index (χ2n) is 4.08. The molecular formula is C9H17NO9. The largest absolute Gasteiger partial charge is 0.600 e. The van der Waals surface area contributed by atoms with Crippen molar-refractivity contribution in [2.75, 3.05) is 13.2 Å². The molecule has 0 saturated carbocycles. The van der Waals surface area contributed by atoms with Crippen LogP contribution in [0, 0.1) is 5.21 Å². The van der Waals surface area contributed by atoms with Crippen molar-refractivity contribution < 1.29 is 45.1 Å². The van der Waals surface area contributed by atoms with Gasteiger partial charge in [-0.2, -0.15) is 0 Å². The Bertz CT molecular complexity index is 299. The molecule has 112 valence electrons. The maximum absolute atomic E-state index is 11.3. The Morgan fingerprint density at radius 3 is 2.47 bits per heavy atom. The maximum atomic E-state index is 11.3. The summed E-state index contributed by atoms with van der Waals surface area (Å²) in [5.41, 5.74) is 0. The first-order valence-electron chi connectivity index (χ1n) is 5.58. The number of carbonyl (C=O) groups is 1. The third-order valence-corrected chi connectivity index (χ3v) is 2.65. The van der Waals surface area contributed by atoms with Gasteiger partial charge in [-0.05, 0) is 0 Å². The Labute approximate surface area is 107 Å². The van der Waals surface area contributed by atoms with Crippen LogP contribution in [0.15, 0.2) is 0 Å². The van der Waals surface area contributed by atoms with E-state index < -0.39 is 61.5 Å². The summed E-state index contributed by atoms with van der Waals surface area (Å²) < 4.78 is 9.41. The SMILES string of the molecule is O=C(CC[NH+]([O-])O)OC1C(O)C(O)OC(CO)C1O. The van der Waals surface area contributed by atoms with Gasteiger partial charge in [0, 0.05) is 0 Å². The Hall–Kier alpha value is -0.850. The van der Waals surface area contributed by atoms with Gasteiger partial charge in [0.2, 0.25) is 0 Å². The summed E-state index contributed by atoms with van der Waals surface area (Å²) in [6.45, 7) is -1.10. The van der Waals surface area contributed by atoms with Gasteiger partial charge in [-0.25, -0.2) is 10.4 Å². The van der Waals surface area contributed by atoms with E-state index in [1.165, 1.54) is 0 Å². The molecule has 10 nitrogen and oxygen atoms in total. The van der Waals surface area contributed by atoms with E-state index in [1.807, 2.05) is 0 Å². The highest BCUT2D eigenvalue weighted by molar-refractivity contribution is 5.69. The number of esters is 1. The molecule has 0 aromatic heterocycles. The van der Waals surface area contributed by atoms with Crippen LogP contribution in [0.5, 0.6) is 0 Å². The smallest absolute Gasteiger partial charge is 0.312 e. The van der Waals surface area contributed by atoms with Gasteiger partial charge in [0.25, 0.3) is 0 Å². The fourth-order valence-electron chi connectivity index (χ4n) is 1.63. The molecule has 1 aliphatic heterocycles. The van der Waals surface area contributed by atoms with Crippen molar-refractivity contribution in [1.29, 1.82) is 0 Å². The zero-order chi connectivity index (χ0) is 14.6. The van der Waals surface area contributed by atoms with E-state index in [2.05, 4.69) is 0 Å². The lowest BCUT2D eigenvalue weighted by molar-refractivity contribution is -1.05. The second kappa shape index (κ2) is 7.07. The molecule has 0 amide bonds. The van der Waals surface area contributed by atoms with Gasteiger partial charge in [-0.3, -0.25) is 4.79 Å². The van der Waals surface area contributed by atoms with Gasteiger partial charge in [-0.15, -0.1) is 0 Å². The van der Waals surface area contributed by atoms with Crippen molar-refractivity contribution in [2.24, 2.45) is 0 Å². The highest BCUT2D eigenvalue weighted by Gasteiger charge is 2.45. The van der Waals surface area contributed by atoms with Crippen LogP contribution in [0.25, 0.3) is 0 Å². The molecule has 0 radical (unpaired) electrons. The summed E-state index contributed by atoms with van der Waals surface area (Å²) >= 11 is 0. The maximum Gasteiger partial charge on any atom is 0.312 e. The highest BCUT2D eigenvalue weighted by atomic mass is 16.8. The van der Waals surface area contributed by atoms with Crippen LogP contribution in [-0.2, 0) is 14.3 Å². The lowest BCUT2D eigenvalue weighted by Gasteiger charge is -2.39. The number of carbonyl (C=O) groups excluding carboxylic acids is 1. The number of ether oxygens (including phenoxy) is 2. The van der Waals surface area contributed by atoms with Crippen LogP contribution in [0.4, 0.5) is 0 Å². The number of rotatable bonds is 5. The third kappa shape index (κ3) is 4.33. The Balaban J connectivity index is 2.59. The van der Waals surface area contributed by atoms with Crippen molar-refractivity contribution in [3.63, 3.8) is 0 Å². The van der Waals surface area contributed by atoms with E-state index in [0.29, 0.717) is 0 Å². The molecule has 19 heavy (non-hydrogen) atoms. The third-order valence-electron chi connectivity index (χ3n) is 2.65. The van der Waals surface area contributed by atoms with E-state index in [-0.39, 0.29) is 0 Å². The lowest BCUT2D eigenvalue weighted by atomic mass is 9.99. The van der Waals surface area contributed by atoms with Gasteiger partial charge in [0.05, 0.1) is 13.0 Å². The predicted octanol–water partition coefficient (Wildman–Crippen LogP) is -4.51. The predicted molar refractivity (Wildman–Crippen MR) is 55.5 cm³/mol. The van der Waals surface area contributed by atoms with E-state index in [9.17, 15) is 25.3 Å². The van der Waals surface area contributed by atoms with Gasteiger partial charge < -0.3 is 35.1 Å². The quantitative estimate of drug-likeness (QED) is 0.215. The molecular weight excluding hydrogens is 266 g/mol. The number of quaternary nitrogens is 1. The molecule has 0 spiro atoms. The molecule has 1 rings (SSSR count). The number of aliphatic hydroxyl groups is 4. The minimum absolute atomic E-state index is 0.438. The first-order chi connectivity index (χ1) is 8.86. The van der Waals surface area contributed by atoms with Crippen LogP contribution < -0.4 is 5.23 Å². The summed E-state index contributed by atoms with van der Waals surface area (Å²) in [5.74, 6) is -0.948. The summed E-state index contributed by atoms with van der Waals surface area (Å²) in [6, 6.07) is 0. The molecule has 1 aliphatic rings. The summed E-state index contributed by atoms with van der Waals surface area (Å²) in [7, 11) is 0. The average molecular weight is 283 g/mol. The van der Waals surface area contributed by atoms with E-state index in [0.717, 1.165) is 0 Å². The second-order valence-corrected chi connectivity index (χ2v) is 4.08. The van der Waals surface area contributed by atoms with Crippen molar-refractivity contribution in [3.8, 4) is 0 Å². The zero-order valence-electron chi connectivity index (χ0n) is 9.88. The molecule has 0 aromatic rings. The number of aliphatic hydroxyl groups excluding tert-OH is 4. The van der Waals surface area contributed by atoms with Crippen LogP contribution >= 0.6 is 0 Å². The Morgan fingerprint density at radius 1 is 1.32 bits per heavy atom. The monoisotopic (exact) mass is 283 g/mol. The number of nitrogens with one attached hydrogen (secondary N) is 1. The molecule has 1 heterocycles. The molecule has 0 aliphatic carbocycles. The van der Waals surface area contributed by atoms with Crippen molar-refractivity contribution in [1.82, 2.24) is 0 Å². The standard InChI is InChI=1S/C9H17NO9/c11-3-4-6(13)8(7(14)9(15)18-4)19-5(12)1-2-10(16)17/h4,6-11,13-16H,1-3H2. The van der Waals surface area contributed by atoms with Crippen LogP contribution in [0.2, 0.25) is 0 Å². The molecule has 6 unspecified atom stereocenters. The fourth-order valence-corrected chi connectivity index (χ4v) is 1.63. The van der Waals surface area contributed by atoms with Crippen molar-refractivity contribution in [3.05, 3.63) is 5.21 Å². The van der Waals surface area contributed by atoms with Gasteiger partial charge in [0.15, 0.2) is 12.4 Å². The topological polar surface area (TPSA) is 164 Å². The highest BCUT2D eigenvalue weighted by Crippen LogP contribution is 2.22. The molecule has 1 fully saturated rings. The minimum Gasteiger partial charge on any atom is -0.600 e. The molecule has 0 aromatic carbocycles. The average Bonchev–Trinajstić information content (AvgIpc) is 2.36. The van der Waals surface area contributed by atoms with Gasteiger partial charge in [0.1, 0.15) is 24.9 Å². The first-order valence-corrected chi connectivity index (χ1v) is 5.58. The van der Waals surface area contributed by atoms with E-state index >= 15 is 0 Å². The van der Waals surface area contributed by atoms with Gasteiger partial charge in [-0.1, -0.05) is 0 Å². The fraction of sp³-hybridized carbons (Fsp3) is 0.889. The molecule has 1 saturated heterocycles. The molecule has 6 N–H and O–H groups in total. The van der Waals surface area contributed by atoms with E-state index in [4.69, 9.17) is 19.8 Å². The summed E-state index contributed by atoms with van der Waals surface area (Å²) in [6.07, 6.45) is -8.09. The number of hydroxylamine groups is 2. The first kappa shape index (κ1) is 16.2. The molecule has 6 atom stereocenters. The number of hydrogen-bond donors (Lipinski definition) is 6. The van der Waals surface area contributed by atoms with E-state index in [1.54, 1.807) is 0 Å². The molecule has 10 heteroatoms. The van der Waals surface area contributed by atoms with Crippen molar-refractivity contribution in [2.45, 2.75) is 37.1 Å². The number of hydrogen-bond acceptors (Lipinski definition) is 9. The normalized spacial score (nSPS) is 36.8. The molecule has 0 bridgehead atoms. The van der Waals surface area contributed by atoms with Crippen LogP contribution in [0.1, 0.15) is 6.42 Å². The Morgan fingerprint density at radius 2 is 1.95 bits per heavy atom. The minimum atomic E-state index is -1.72. The Kier molecular flexibility index (Phi) is 6.03. The summed E-state index contributed by atoms with van der Waals surface area (Å²) in [4.78, 5) is 11.3.